The van der Waals surface area contributed by atoms with Gasteiger partial charge in [0.15, 0.2) is 5.65 Å². The quantitative estimate of drug-likeness (QED) is 0.552. The first-order valence-electron chi connectivity index (χ1n) is 11.2. The number of carbonyl (C=O) groups excluding carboxylic acids is 1. The molecule has 7 nitrogen and oxygen atoms in total. The van der Waals surface area contributed by atoms with Crippen molar-refractivity contribution in [2.24, 2.45) is 5.41 Å². The number of hydrogen-bond acceptors (Lipinski definition) is 5. The zero-order chi connectivity index (χ0) is 21.1. The van der Waals surface area contributed by atoms with Crippen molar-refractivity contribution >= 4 is 41.9 Å². The number of ether oxygens (including phenoxy) is 1. The van der Waals surface area contributed by atoms with Crippen LogP contribution in [0.4, 0.5) is 0 Å². The minimum absolute atomic E-state index is 0. The van der Waals surface area contributed by atoms with E-state index >= 15 is 0 Å². The summed E-state index contributed by atoms with van der Waals surface area (Å²) in [7, 11) is 0. The Balaban J connectivity index is 0.00000153. The summed E-state index contributed by atoms with van der Waals surface area (Å²) < 4.78 is 8.03. The van der Waals surface area contributed by atoms with Crippen molar-refractivity contribution in [2.75, 3.05) is 26.2 Å². The van der Waals surface area contributed by atoms with Crippen LogP contribution < -0.4 is 10.6 Å². The molecule has 1 aromatic carbocycles. The first kappa shape index (κ1) is 25.4. The summed E-state index contributed by atoms with van der Waals surface area (Å²) in [6.07, 6.45) is 7.79. The van der Waals surface area contributed by atoms with Gasteiger partial charge in [-0.1, -0.05) is 30.3 Å². The molecule has 2 aliphatic rings. The minimum Gasteiger partial charge on any atom is -0.376 e. The maximum Gasteiger partial charge on any atom is 0.253 e. The van der Waals surface area contributed by atoms with Gasteiger partial charge in [0.05, 0.1) is 24.6 Å². The number of nitrogens with zero attached hydrogens (tertiary/aromatic N) is 3. The number of aromatic nitrogens is 3. The number of hydrogen-bond donors (Lipinski definition) is 2. The molecule has 5 rings (SSSR count). The van der Waals surface area contributed by atoms with Gasteiger partial charge in [-0.15, -0.1) is 24.8 Å². The van der Waals surface area contributed by atoms with E-state index in [9.17, 15) is 4.79 Å². The van der Waals surface area contributed by atoms with E-state index in [1.165, 1.54) is 5.56 Å². The van der Waals surface area contributed by atoms with Gasteiger partial charge in [-0.05, 0) is 55.8 Å². The first-order chi connectivity index (χ1) is 15.2. The summed E-state index contributed by atoms with van der Waals surface area (Å²) >= 11 is 0. The van der Waals surface area contributed by atoms with E-state index in [2.05, 4.69) is 32.7 Å². The van der Waals surface area contributed by atoms with E-state index in [-0.39, 0.29) is 36.8 Å². The maximum atomic E-state index is 12.7. The predicted molar refractivity (Wildman–Crippen MR) is 133 cm³/mol. The number of carbonyl (C=O) groups is 1. The summed E-state index contributed by atoms with van der Waals surface area (Å²) in [5.41, 5.74) is 3.66. The fourth-order valence-electron chi connectivity index (χ4n) is 4.77. The highest BCUT2D eigenvalue weighted by Crippen LogP contribution is 2.40. The third-order valence-corrected chi connectivity index (χ3v) is 6.64. The Morgan fingerprint density at radius 1 is 1.18 bits per heavy atom. The second-order valence-electron chi connectivity index (χ2n) is 8.84. The van der Waals surface area contributed by atoms with Crippen LogP contribution in [0.1, 0.15) is 35.2 Å². The monoisotopic (exact) mass is 491 g/mol. The minimum atomic E-state index is -0.122. The van der Waals surface area contributed by atoms with Crippen molar-refractivity contribution in [1.29, 1.82) is 0 Å². The number of rotatable bonds is 6. The van der Waals surface area contributed by atoms with E-state index in [4.69, 9.17) is 4.74 Å². The van der Waals surface area contributed by atoms with Crippen LogP contribution in [0.3, 0.4) is 0 Å². The molecule has 1 unspecified atom stereocenters. The Kier molecular flexibility index (Phi) is 8.70. The smallest absolute Gasteiger partial charge is 0.253 e. The van der Waals surface area contributed by atoms with Crippen LogP contribution in [0.2, 0.25) is 0 Å². The zero-order valence-corrected chi connectivity index (χ0v) is 20.2. The Hall–Kier alpha value is -2.19. The highest BCUT2D eigenvalue weighted by molar-refractivity contribution is 5.96. The van der Waals surface area contributed by atoms with Crippen LogP contribution in [-0.4, -0.2) is 52.8 Å². The van der Waals surface area contributed by atoms with Gasteiger partial charge < -0.3 is 19.9 Å². The highest BCUT2D eigenvalue weighted by atomic mass is 35.5. The van der Waals surface area contributed by atoms with Crippen LogP contribution >= 0.6 is 24.8 Å². The fourth-order valence-corrected chi connectivity index (χ4v) is 4.77. The molecule has 0 saturated carbocycles. The molecule has 0 bridgehead atoms. The molecule has 0 radical (unpaired) electrons. The predicted octanol–water partition coefficient (Wildman–Crippen LogP) is 3.41. The van der Waals surface area contributed by atoms with E-state index < -0.39 is 0 Å². The van der Waals surface area contributed by atoms with Crippen LogP contribution in [0, 0.1) is 5.41 Å². The Bertz CT molecular complexity index is 1050. The van der Waals surface area contributed by atoms with Gasteiger partial charge in [-0.3, -0.25) is 4.79 Å². The molecule has 2 aromatic heterocycles. The number of aryl methyl sites for hydroxylation is 2. The molecule has 2 saturated heterocycles. The van der Waals surface area contributed by atoms with E-state index in [0.29, 0.717) is 17.5 Å². The van der Waals surface area contributed by atoms with E-state index in [0.717, 1.165) is 63.1 Å². The number of piperidine rings is 1. The second-order valence-corrected chi connectivity index (χ2v) is 8.84. The number of nitrogens with one attached hydrogen (secondary N) is 2. The van der Waals surface area contributed by atoms with Gasteiger partial charge in [-0.25, -0.2) is 9.97 Å². The summed E-state index contributed by atoms with van der Waals surface area (Å²) in [5.74, 6) is -0.122. The summed E-state index contributed by atoms with van der Waals surface area (Å²) in [4.78, 5) is 21.7. The SMILES string of the molecule is Cl.Cl.O=C(NCC1CC2(CCNCC2)CO1)c1cnc2c(c1)ncn2CCc1ccccc1. The van der Waals surface area contributed by atoms with Gasteiger partial charge in [0.2, 0.25) is 0 Å². The molecule has 33 heavy (non-hydrogen) atoms. The molecule has 3 aromatic rings. The zero-order valence-electron chi connectivity index (χ0n) is 18.5. The molecule has 0 aliphatic carbocycles. The van der Waals surface area contributed by atoms with E-state index in [1.54, 1.807) is 12.5 Å². The number of pyridine rings is 1. The molecule has 2 N–H and O–H groups in total. The third kappa shape index (κ3) is 5.84. The highest BCUT2D eigenvalue weighted by Gasteiger charge is 2.40. The number of benzene rings is 1. The van der Waals surface area contributed by atoms with Gasteiger partial charge in [0, 0.05) is 19.3 Å². The molecule has 2 aliphatic heterocycles. The van der Waals surface area contributed by atoms with Crippen molar-refractivity contribution in [2.45, 2.75) is 38.3 Å². The van der Waals surface area contributed by atoms with Crippen LogP contribution in [0.15, 0.2) is 48.9 Å². The molecular formula is C24H31Cl2N5O2. The lowest BCUT2D eigenvalue weighted by atomic mass is 9.77. The Morgan fingerprint density at radius 3 is 2.76 bits per heavy atom. The number of fused-ring (bicyclic) bond motifs is 1. The van der Waals surface area contributed by atoms with Crippen LogP contribution in [0.25, 0.3) is 11.2 Å². The lowest BCUT2D eigenvalue weighted by molar-refractivity contribution is 0.0781. The van der Waals surface area contributed by atoms with Crippen molar-refractivity contribution in [3.05, 3.63) is 60.0 Å². The molecule has 178 valence electrons. The molecule has 2 fully saturated rings. The summed E-state index contributed by atoms with van der Waals surface area (Å²) in [5, 5.41) is 6.44. The second kappa shape index (κ2) is 11.3. The average Bonchev–Trinajstić information content (AvgIpc) is 3.40. The molecule has 1 atom stereocenters. The standard InChI is InChI=1S/C24H29N5O2.2ClH/c30-23(27-15-20-13-24(16-31-20)7-9-25-10-8-24)19-12-21-22(26-14-19)29(17-28-21)11-6-18-4-2-1-3-5-18;;/h1-5,12,14,17,20,25H,6-11,13,15-16H2,(H,27,30);2*1H. The van der Waals surface area contributed by atoms with Gasteiger partial charge in [0.25, 0.3) is 5.91 Å². The van der Waals surface area contributed by atoms with Crippen LogP contribution in [0.5, 0.6) is 0 Å². The molecule has 9 heteroatoms. The lowest BCUT2D eigenvalue weighted by Crippen LogP contribution is -2.38. The number of amides is 1. The first-order valence-corrected chi connectivity index (χ1v) is 11.2. The summed E-state index contributed by atoms with van der Waals surface area (Å²) in [6.45, 7) is 4.27. The topological polar surface area (TPSA) is 81.1 Å². The maximum absolute atomic E-state index is 12.7. The van der Waals surface area contributed by atoms with Crippen molar-refractivity contribution in [3.63, 3.8) is 0 Å². The Labute approximate surface area is 206 Å². The average molecular weight is 492 g/mol. The molecular weight excluding hydrogens is 461 g/mol. The van der Waals surface area contributed by atoms with Gasteiger partial charge in [-0.2, -0.15) is 0 Å². The van der Waals surface area contributed by atoms with Crippen molar-refractivity contribution < 1.29 is 9.53 Å². The number of imidazole rings is 1. The lowest BCUT2D eigenvalue weighted by Gasteiger charge is -2.32. The summed E-state index contributed by atoms with van der Waals surface area (Å²) in [6, 6.07) is 12.2. The molecule has 1 spiro atoms. The van der Waals surface area contributed by atoms with Crippen molar-refractivity contribution in [1.82, 2.24) is 25.2 Å². The Morgan fingerprint density at radius 2 is 1.97 bits per heavy atom. The fraction of sp³-hybridized carbons (Fsp3) is 0.458. The molecule has 1 amide bonds. The largest absolute Gasteiger partial charge is 0.376 e. The van der Waals surface area contributed by atoms with Gasteiger partial charge >= 0.3 is 0 Å². The molecule has 4 heterocycles. The van der Waals surface area contributed by atoms with Gasteiger partial charge in [0.1, 0.15) is 5.52 Å². The normalized spacial score (nSPS) is 19.1. The number of halogens is 2. The van der Waals surface area contributed by atoms with Crippen molar-refractivity contribution in [3.8, 4) is 0 Å². The van der Waals surface area contributed by atoms with E-state index in [1.807, 2.05) is 28.8 Å². The van der Waals surface area contributed by atoms with Crippen LogP contribution in [-0.2, 0) is 17.7 Å². The third-order valence-electron chi connectivity index (χ3n) is 6.64.